The maximum atomic E-state index is 12.4. The van der Waals surface area contributed by atoms with Crippen molar-refractivity contribution >= 4 is 11.9 Å². The summed E-state index contributed by atoms with van der Waals surface area (Å²) in [4.78, 5) is 41.8. The molecule has 0 aromatic carbocycles. The van der Waals surface area contributed by atoms with Crippen LogP contribution < -0.4 is 10.9 Å². The average Bonchev–Trinajstić information content (AvgIpc) is 2.70. The number of aromatic nitrogens is 1. The van der Waals surface area contributed by atoms with Gasteiger partial charge in [0.15, 0.2) is 0 Å². The number of hydrogen-bond acceptors (Lipinski definition) is 6. The standard InChI is InChI=1S/C21H31N3O5/c1-2-29-21(28)14-4-3-11-24(12-14)13-16-7-10-18(20(27)23-16)19(26)22-15-5-8-17(25)9-6-15/h7,10,14-15,17,25H,2-6,8-9,11-13H2,1H3,(H,22,26)(H,23,27). The predicted octanol–water partition coefficient (Wildman–Crippen LogP) is 1.18. The van der Waals surface area contributed by atoms with E-state index in [1.54, 1.807) is 19.1 Å². The van der Waals surface area contributed by atoms with Gasteiger partial charge in [-0.1, -0.05) is 0 Å². The minimum atomic E-state index is -0.408. The van der Waals surface area contributed by atoms with Gasteiger partial charge < -0.3 is 20.1 Å². The minimum absolute atomic E-state index is 0.00173. The zero-order valence-corrected chi connectivity index (χ0v) is 17.0. The molecule has 1 aliphatic heterocycles. The van der Waals surface area contributed by atoms with E-state index in [-0.39, 0.29) is 35.5 Å². The lowest BCUT2D eigenvalue weighted by molar-refractivity contribution is -0.150. The van der Waals surface area contributed by atoms with Gasteiger partial charge in [-0.25, -0.2) is 0 Å². The summed E-state index contributed by atoms with van der Waals surface area (Å²) in [5, 5.41) is 12.5. The van der Waals surface area contributed by atoms with Gasteiger partial charge >= 0.3 is 5.97 Å². The molecule has 3 rings (SSSR count). The molecule has 0 radical (unpaired) electrons. The molecular weight excluding hydrogens is 374 g/mol. The van der Waals surface area contributed by atoms with Gasteiger partial charge in [-0.15, -0.1) is 0 Å². The van der Waals surface area contributed by atoms with Crippen molar-refractivity contribution in [2.75, 3.05) is 19.7 Å². The van der Waals surface area contributed by atoms with Crippen molar-refractivity contribution in [3.8, 4) is 0 Å². The number of nitrogens with one attached hydrogen (secondary N) is 2. The van der Waals surface area contributed by atoms with Crippen LogP contribution in [0.4, 0.5) is 0 Å². The van der Waals surface area contributed by atoms with Crippen molar-refractivity contribution in [3.63, 3.8) is 0 Å². The van der Waals surface area contributed by atoms with Gasteiger partial charge in [-0.3, -0.25) is 19.3 Å². The summed E-state index contributed by atoms with van der Waals surface area (Å²) in [5.74, 6) is -0.665. The largest absolute Gasteiger partial charge is 0.466 e. The average molecular weight is 405 g/mol. The van der Waals surface area contributed by atoms with E-state index in [0.29, 0.717) is 32.5 Å². The van der Waals surface area contributed by atoms with Gasteiger partial charge in [0.05, 0.1) is 18.6 Å². The van der Waals surface area contributed by atoms with Crippen molar-refractivity contribution in [2.24, 2.45) is 5.92 Å². The molecule has 8 heteroatoms. The number of hydrogen-bond donors (Lipinski definition) is 3. The van der Waals surface area contributed by atoms with Crippen LogP contribution in [-0.4, -0.2) is 58.7 Å². The maximum Gasteiger partial charge on any atom is 0.310 e. The van der Waals surface area contributed by atoms with Gasteiger partial charge in [0.25, 0.3) is 11.5 Å². The van der Waals surface area contributed by atoms with Crippen molar-refractivity contribution in [2.45, 2.75) is 64.1 Å². The molecule has 0 spiro atoms. The zero-order chi connectivity index (χ0) is 20.8. The number of carbonyl (C=O) groups is 2. The highest BCUT2D eigenvalue weighted by molar-refractivity contribution is 5.94. The molecular formula is C21H31N3O5. The van der Waals surface area contributed by atoms with E-state index < -0.39 is 5.56 Å². The summed E-state index contributed by atoms with van der Waals surface area (Å²) in [6, 6.07) is 3.32. The lowest BCUT2D eigenvalue weighted by Gasteiger charge is -2.31. The SMILES string of the molecule is CCOC(=O)C1CCCN(Cc2ccc(C(=O)NC3CCC(O)CC3)c(=O)[nH]2)C1. The number of aliphatic hydroxyl groups is 1. The highest BCUT2D eigenvalue weighted by atomic mass is 16.5. The van der Waals surface area contributed by atoms with Crippen LogP contribution in [0.1, 0.15) is 61.5 Å². The number of carbonyl (C=O) groups excluding carboxylic acids is 2. The number of aromatic amines is 1. The lowest BCUT2D eigenvalue weighted by atomic mass is 9.93. The van der Waals surface area contributed by atoms with Crippen molar-refractivity contribution < 1.29 is 19.4 Å². The summed E-state index contributed by atoms with van der Waals surface area (Å²) in [6.07, 6.45) is 4.22. The third-order valence-electron chi connectivity index (χ3n) is 5.77. The molecule has 1 saturated heterocycles. The second kappa shape index (κ2) is 10.0. The van der Waals surface area contributed by atoms with E-state index in [1.165, 1.54) is 0 Å². The Morgan fingerprint density at radius 1 is 1.24 bits per heavy atom. The number of rotatable bonds is 6. The molecule has 160 valence electrons. The molecule has 1 aromatic heterocycles. The summed E-state index contributed by atoms with van der Waals surface area (Å²) in [5.41, 5.74) is 0.412. The maximum absolute atomic E-state index is 12.4. The minimum Gasteiger partial charge on any atom is -0.466 e. The van der Waals surface area contributed by atoms with E-state index in [0.717, 1.165) is 37.9 Å². The molecule has 2 heterocycles. The first-order valence-electron chi connectivity index (χ1n) is 10.6. The number of ether oxygens (including phenoxy) is 1. The van der Waals surface area contributed by atoms with Crippen LogP contribution in [0.2, 0.25) is 0 Å². The summed E-state index contributed by atoms with van der Waals surface area (Å²) in [7, 11) is 0. The second-order valence-corrected chi connectivity index (χ2v) is 8.03. The topological polar surface area (TPSA) is 112 Å². The molecule has 3 N–H and O–H groups in total. The molecule has 1 atom stereocenters. The molecule has 2 aliphatic rings. The molecule has 1 aromatic rings. The Labute approximate surface area is 170 Å². The molecule has 1 amide bonds. The van der Waals surface area contributed by atoms with Gasteiger partial charge in [0.1, 0.15) is 5.56 Å². The van der Waals surface area contributed by atoms with Crippen LogP contribution in [0.15, 0.2) is 16.9 Å². The molecule has 1 unspecified atom stereocenters. The monoisotopic (exact) mass is 405 g/mol. The number of H-pyrrole nitrogens is 1. The third-order valence-corrected chi connectivity index (χ3v) is 5.77. The summed E-state index contributed by atoms with van der Waals surface area (Å²) < 4.78 is 5.13. The van der Waals surface area contributed by atoms with Gasteiger partial charge in [0.2, 0.25) is 0 Å². The first-order valence-corrected chi connectivity index (χ1v) is 10.6. The smallest absolute Gasteiger partial charge is 0.310 e. The molecule has 2 fully saturated rings. The number of nitrogens with zero attached hydrogens (tertiary/aromatic N) is 1. The fraction of sp³-hybridized carbons (Fsp3) is 0.667. The van der Waals surface area contributed by atoms with E-state index >= 15 is 0 Å². The zero-order valence-electron chi connectivity index (χ0n) is 17.0. The Morgan fingerprint density at radius 2 is 2.00 bits per heavy atom. The van der Waals surface area contributed by atoms with Crippen LogP contribution in [0.5, 0.6) is 0 Å². The van der Waals surface area contributed by atoms with Crippen molar-refractivity contribution in [1.82, 2.24) is 15.2 Å². The number of piperidine rings is 1. The quantitative estimate of drug-likeness (QED) is 0.613. The number of esters is 1. The van der Waals surface area contributed by atoms with Crippen LogP contribution in [-0.2, 0) is 16.1 Å². The first kappa shape index (κ1) is 21.5. The number of pyridine rings is 1. The highest BCUT2D eigenvalue weighted by Crippen LogP contribution is 2.20. The number of amides is 1. The van der Waals surface area contributed by atoms with Crippen molar-refractivity contribution in [1.29, 1.82) is 0 Å². The fourth-order valence-electron chi connectivity index (χ4n) is 4.16. The van der Waals surface area contributed by atoms with E-state index in [1.807, 2.05) is 0 Å². The Bertz CT molecular complexity index is 770. The van der Waals surface area contributed by atoms with Gasteiger partial charge in [-0.2, -0.15) is 0 Å². The molecule has 0 bridgehead atoms. The Morgan fingerprint density at radius 3 is 2.69 bits per heavy atom. The predicted molar refractivity (Wildman–Crippen MR) is 107 cm³/mol. The Balaban J connectivity index is 1.57. The van der Waals surface area contributed by atoms with E-state index in [4.69, 9.17) is 4.74 Å². The van der Waals surface area contributed by atoms with E-state index in [9.17, 15) is 19.5 Å². The summed E-state index contributed by atoms with van der Waals surface area (Å²) >= 11 is 0. The fourth-order valence-corrected chi connectivity index (χ4v) is 4.16. The third kappa shape index (κ3) is 5.90. The molecule has 8 nitrogen and oxygen atoms in total. The van der Waals surface area contributed by atoms with Crippen LogP contribution in [0.25, 0.3) is 0 Å². The number of aliphatic hydroxyl groups excluding tert-OH is 1. The Hall–Kier alpha value is -2.19. The van der Waals surface area contributed by atoms with Gasteiger partial charge in [-0.05, 0) is 64.1 Å². The van der Waals surface area contributed by atoms with Crippen LogP contribution >= 0.6 is 0 Å². The highest BCUT2D eigenvalue weighted by Gasteiger charge is 2.27. The van der Waals surface area contributed by atoms with Gasteiger partial charge in [0, 0.05) is 24.8 Å². The summed E-state index contributed by atoms with van der Waals surface area (Å²) in [6.45, 7) is 4.17. The molecule has 29 heavy (non-hydrogen) atoms. The molecule has 1 saturated carbocycles. The normalized spacial score (nSPS) is 25.4. The van der Waals surface area contributed by atoms with Crippen molar-refractivity contribution in [3.05, 3.63) is 33.7 Å². The lowest BCUT2D eigenvalue weighted by Crippen LogP contribution is -2.41. The van der Waals surface area contributed by atoms with Crippen LogP contribution in [0, 0.1) is 5.92 Å². The first-order chi connectivity index (χ1) is 14.0. The van der Waals surface area contributed by atoms with Crippen LogP contribution in [0.3, 0.4) is 0 Å². The Kier molecular flexibility index (Phi) is 7.44. The molecule has 1 aliphatic carbocycles. The number of likely N-dealkylation sites (tertiary alicyclic amines) is 1. The second-order valence-electron chi connectivity index (χ2n) is 8.03. The van der Waals surface area contributed by atoms with E-state index in [2.05, 4.69) is 15.2 Å².